The maximum absolute atomic E-state index is 12.0. The molecule has 0 radical (unpaired) electrons. The van der Waals surface area contributed by atoms with Crippen LogP contribution in [0.5, 0.6) is 5.75 Å². The van der Waals surface area contributed by atoms with Gasteiger partial charge in [0.15, 0.2) is 6.29 Å². The van der Waals surface area contributed by atoms with Crippen LogP contribution >= 0.6 is 0 Å². The summed E-state index contributed by atoms with van der Waals surface area (Å²) in [6, 6.07) is 4.45. The van der Waals surface area contributed by atoms with Crippen molar-refractivity contribution in [3.05, 3.63) is 33.9 Å². The van der Waals surface area contributed by atoms with Crippen molar-refractivity contribution in [3.63, 3.8) is 0 Å². The maximum Gasteiger partial charge on any atom is 0.280 e. The Bertz CT molecular complexity index is 641. The number of nitro groups is 1. The zero-order valence-corrected chi connectivity index (χ0v) is 15.1. The molecule has 1 N–H and O–H groups in total. The van der Waals surface area contributed by atoms with Gasteiger partial charge in [0.1, 0.15) is 5.75 Å². The van der Waals surface area contributed by atoms with Gasteiger partial charge in [0.25, 0.3) is 5.69 Å². The molecule has 1 amide bonds. The number of rotatable bonds is 9. The number of amides is 1. The van der Waals surface area contributed by atoms with E-state index in [1.165, 1.54) is 37.5 Å². The van der Waals surface area contributed by atoms with Crippen molar-refractivity contribution in [3.8, 4) is 5.75 Å². The van der Waals surface area contributed by atoms with Gasteiger partial charge in [-0.3, -0.25) is 19.7 Å². The molecule has 1 aliphatic carbocycles. The van der Waals surface area contributed by atoms with Gasteiger partial charge in [-0.1, -0.05) is 19.3 Å². The second-order valence-electron chi connectivity index (χ2n) is 6.82. The number of nitrogens with zero attached hydrogens (tertiary/aromatic N) is 1. The van der Waals surface area contributed by atoms with E-state index >= 15 is 0 Å². The van der Waals surface area contributed by atoms with E-state index in [1.807, 2.05) is 6.92 Å². The average molecular weight is 362 g/mol. The number of ether oxygens (including phenoxy) is 1. The number of carbonyl (C=O) groups is 2. The monoisotopic (exact) mass is 362 g/mol. The molecule has 0 aliphatic heterocycles. The van der Waals surface area contributed by atoms with Gasteiger partial charge in [-0.25, -0.2) is 0 Å². The number of hydrogen-bond donors (Lipinski definition) is 1. The van der Waals surface area contributed by atoms with Gasteiger partial charge in [-0.15, -0.1) is 0 Å². The molecule has 0 bridgehead atoms. The Morgan fingerprint density at radius 3 is 2.77 bits per heavy atom. The Morgan fingerprint density at radius 2 is 2.12 bits per heavy atom. The lowest BCUT2D eigenvalue weighted by Crippen LogP contribution is -2.36. The van der Waals surface area contributed by atoms with Gasteiger partial charge in [0, 0.05) is 18.5 Å². The number of aldehydes is 1. The van der Waals surface area contributed by atoms with Crippen LogP contribution in [0, 0.1) is 10.1 Å². The third-order valence-corrected chi connectivity index (χ3v) is 4.64. The van der Waals surface area contributed by atoms with Gasteiger partial charge >= 0.3 is 0 Å². The summed E-state index contributed by atoms with van der Waals surface area (Å²) in [5, 5.41) is 13.9. The highest BCUT2D eigenvalue weighted by atomic mass is 16.6. The van der Waals surface area contributed by atoms with E-state index in [1.54, 1.807) is 0 Å². The van der Waals surface area contributed by atoms with E-state index in [0.29, 0.717) is 37.3 Å². The topological polar surface area (TPSA) is 98.5 Å². The second-order valence-corrected chi connectivity index (χ2v) is 6.82. The fourth-order valence-corrected chi connectivity index (χ4v) is 3.25. The summed E-state index contributed by atoms with van der Waals surface area (Å²) in [5.41, 5.74) is -0.244. The minimum absolute atomic E-state index is 0.00782. The summed E-state index contributed by atoms with van der Waals surface area (Å²) < 4.78 is 5.71. The van der Waals surface area contributed by atoms with Crippen molar-refractivity contribution >= 4 is 17.9 Å². The molecule has 0 spiro atoms. The first-order valence-electron chi connectivity index (χ1n) is 9.19. The van der Waals surface area contributed by atoms with Gasteiger partial charge in [0.05, 0.1) is 16.6 Å². The number of nitro benzene ring substituents is 1. The molecule has 1 unspecified atom stereocenters. The first-order valence-corrected chi connectivity index (χ1v) is 9.19. The number of hydrogen-bond acceptors (Lipinski definition) is 5. The zero-order valence-electron chi connectivity index (χ0n) is 15.1. The van der Waals surface area contributed by atoms with E-state index in [0.717, 1.165) is 12.8 Å². The van der Waals surface area contributed by atoms with Crippen molar-refractivity contribution in [2.75, 3.05) is 0 Å². The van der Waals surface area contributed by atoms with Crippen LogP contribution in [-0.4, -0.2) is 29.3 Å². The Labute approximate surface area is 153 Å². The van der Waals surface area contributed by atoms with Crippen LogP contribution < -0.4 is 10.1 Å². The smallest absolute Gasteiger partial charge is 0.280 e. The van der Waals surface area contributed by atoms with Crippen molar-refractivity contribution in [2.45, 2.75) is 70.4 Å². The number of nitrogens with one attached hydrogen (secondary N) is 1. The molecule has 2 rings (SSSR count). The molecule has 142 valence electrons. The predicted octanol–water partition coefficient (Wildman–Crippen LogP) is 3.79. The van der Waals surface area contributed by atoms with Crippen LogP contribution in [0.4, 0.5) is 5.69 Å². The predicted molar refractivity (Wildman–Crippen MR) is 97.4 cm³/mol. The Kier molecular flexibility index (Phi) is 7.56. The molecule has 0 aromatic heterocycles. The number of carbonyl (C=O) groups excluding carboxylic acids is 2. The molecule has 1 aromatic carbocycles. The summed E-state index contributed by atoms with van der Waals surface area (Å²) in [6.07, 6.45) is 7.93. The average Bonchev–Trinajstić information content (AvgIpc) is 2.62. The minimum atomic E-state index is -0.595. The molecule has 26 heavy (non-hydrogen) atoms. The molecular weight excluding hydrogens is 336 g/mol. The maximum atomic E-state index is 12.0. The molecule has 7 nitrogen and oxygen atoms in total. The van der Waals surface area contributed by atoms with Crippen molar-refractivity contribution in [1.82, 2.24) is 5.32 Å². The number of benzene rings is 1. The molecule has 0 heterocycles. The molecule has 1 saturated carbocycles. The lowest BCUT2D eigenvalue weighted by atomic mass is 9.95. The molecule has 1 atom stereocenters. The molecule has 1 aliphatic rings. The van der Waals surface area contributed by atoms with Gasteiger partial charge in [0.2, 0.25) is 5.91 Å². The Morgan fingerprint density at radius 1 is 1.38 bits per heavy atom. The van der Waals surface area contributed by atoms with Crippen molar-refractivity contribution in [1.29, 1.82) is 0 Å². The third-order valence-electron chi connectivity index (χ3n) is 4.64. The van der Waals surface area contributed by atoms with E-state index < -0.39 is 4.92 Å². The van der Waals surface area contributed by atoms with Crippen LogP contribution in [0.15, 0.2) is 18.2 Å². The van der Waals surface area contributed by atoms with Crippen LogP contribution in [0.2, 0.25) is 0 Å². The third kappa shape index (κ3) is 6.13. The first kappa shape index (κ1) is 19.9. The summed E-state index contributed by atoms with van der Waals surface area (Å²) >= 11 is 0. The van der Waals surface area contributed by atoms with Gasteiger partial charge in [-0.2, -0.15) is 0 Å². The van der Waals surface area contributed by atoms with Crippen LogP contribution in [-0.2, 0) is 4.79 Å². The Hall–Kier alpha value is -2.44. The first-order chi connectivity index (χ1) is 12.5. The lowest BCUT2D eigenvalue weighted by Gasteiger charge is -2.22. The van der Waals surface area contributed by atoms with E-state index in [2.05, 4.69) is 5.32 Å². The fraction of sp³-hybridized carbons (Fsp3) is 0.579. The van der Waals surface area contributed by atoms with Gasteiger partial charge < -0.3 is 10.1 Å². The van der Waals surface area contributed by atoms with Crippen LogP contribution in [0.3, 0.4) is 0 Å². The van der Waals surface area contributed by atoms with Crippen LogP contribution in [0.1, 0.15) is 68.6 Å². The summed E-state index contributed by atoms with van der Waals surface area (Å²) in [5.74, 6) is 0.500. The summed E-state index contributed by atoms with van der Waals surface area (Å²) in [7, 11) is 0. The zero-order chi connectivity index (χ0) is 18.9. The fourth-order valence-electron chi connectivity index (χ4n) is 3.25. The quantitative estimate of drug-likeness (QED) is 0.409. The Balaban J connectivity index is 1.74. The van der Waals surface area contributed by atoms with E-state index in [-0.39, 0.29) is 23.3 Å². The SMILES string of the molecule is CC(CCCC(=O)NC1CCCCC1)Oc1ccc([N+](=O)[O-])c(C=O)c1. The van der Waals surface area contributed by atoms with E-state index in [9.17, 15) is 19.7 Å². The second kappa shape index (κ2) is 9.89. The molecule has 1 fully saturated rings. The molecular formula is C19H26N2O5. The molecule has 7 heteroatoms. The highest BCUT2D eigenvalue weighted by Crippen LogP contribution is 2.24. The highest BCUT2D eigenvalue weighted by molar-refractivity contribution is 5.82. The largest absolute Gasteiger partial charge is 0.491 e. The van der Waals surface area contributed by atoms with Crippen molar-refractivity contribution in [2.24, 2.45) is 0 Å². The van der Waals surface area contributed by atoms with Gasteiger partial charge in [-0.05, 0) is 44.7 Å². The normalized spacial score (nSPS) is 15.9. The summed E-state index contributed by atoms with van der Waals surface area (Å²) in [4.78, 5) is 33.2. The minimum Gasteiger partial charge on any atom is -0.491 e. The van der Waals surface area contributed by atoms with Crippen LogP contribution in [0.25, 0.3) is 0 Å². The molecule has 1 aromatic rings. The molecule has 0 saturated heterocycles. The summed E-state index contributed by atoms with van der Waals surface area (Å²) in [6.45, 7) is 1.88. The standard InChI is InChI=1S/C19H26N2O5/c1-14(6-5-9-19(23)20-16-7-3-2-4-8-16)26-17-10-11-18(21(24)25)15(12-17)13-22/h10-14,16H,2-9H2,1H3,(H,20,23). The highest BCUT2D eigenvalue weighted by Gasteiger charge is 2.17. The van der Waals surface area contributed by atoms with E-state index in [4.69, 9.17) is 4.74 Å². The lowest BCUT2D eigenvalue weighted by molar-refractivity contribution is -0.385. The van der Waals surface area contributed by atoms with Crippen molar-refractivity contribution < 1.29 is 19.2 Å².